The van der Waals surface area contributed by atoms with Crippen molar-refractivity contribution >= 4 is 29.6 Å². The molecule has 2 aliphatic carbocycles. The quantitative estimate of drug-likeness (QED) is 0.623. The first kappa shape index (κ1) is 9.17. The largest absolute Gasteiger partial charge is 0.136 e. The first-order valence-corrected chi connectivity index (χ1v) is 6.34. The molecule has 15 heavy (non-hydrogen) atoms. The molecule has 0 fully saturated rings. The van der Waals surface area contributed by atoms with Gasteiger partial charge in [-0.1, -0.05) is 37.3 Å². The highest BCUT2D eigenvalue weighted by molar-refractivity contribution is 7.11. The van der Waals surface area contributed by atoms with Gasteiger partial charge < -0.3 is 0 Å². The molecule has 1 heterocycles. The minimum Gasteiger partial charge on any atom is -0.136 e. The van der Waals surface area contributed by atoms with E-state index in [-0.39, 0.29) is 0 Å². The van der Waals surface area contributed by atoms with Gasteiger partial charge in [-0.25, -0.2) is 0 Å². The smallest absolute Gasteiger partial charge is 0.0315 e. The molecule has 0 amide bonds. The van der Waals surface area contributed by atoms with Crippen LogP contribution >= 0.6 is 11.3 Å². The fraction of sp³-hybridized carbons (Fsp3) is 0.286. The van der Waals surface area contributed by atoms with E-state index in [0.29, 0.717) is 5.92 Å². The molecule has 1 atom stereocenters. The van der Waals surface area contributed by atoms with Gasteiger partial charge in [0.25, 0.3) is 0 Å². The zero-order valence-corrected chi connectivity index (χ0v) is 9.68. The molecule has 1 aromatic rings. The number of rotatable bonds is 0. The average molecular weight is 214 g/mol. The second-order valence-corrected chi connectivity index (χ2v) is 5.32. The lowest BCUT2D eigenvalue weighted by atomic mass is 9.92. The lowest BCUT2D eigenvalue weighted by molar-refractivity contribution is 0.771. The number of thiophene rings is 1. The molecule has 3 rings (SSSR count). The van der Waals surface area contributed by atoms with Gasteiger partial charge in [0, 0.05) is 9.41 Å². The van der Waals surface area contributed by atoms with Crippen molar-refractivity contribution in [2.75, 3.05) is 0 Å². The average Bonchev–Trinajstić information content (AvgIpc) is 2.43. The van der Waals surface area contributed by atoms with Gasteiger partial charge in [0.15, 0.2) is 0 Å². The van der Waals surface area contributed by atoms with Gasteiger partial charge in [-0.15, -0.1) is 11.3 Å². The zero-order chi connectivity index (χ0) is 10.3. The van der Waals surface area contributed by atoms with E-state index in [0.717, 1.165) is 6.42 Å². The molecule has 0 aromatic carbocycles. The van der Waals surface area contributed by atoms with E-state index in [4.69, 9.17) is 0 Å². The van der Waals surface area contributed by atoms with Crippen molar-refractivity contribution in [3.63, 3.8) is 0 Å². The standard InChI is InChI=1S/C14H14S/c1-10-6-5-9-13-14(10)11-7-3-2-4-8-12(11)15-13/h2-3,5,7-10H,4,6H2,1H3. The fourth-order valence-corrected chi connectivity index (χ4v) is 3.65. The van der Waals surface area contributed by atoms with Crippen LogP contribution in [0, 0.1) is 0 Å². The van der Waals surface area contributed by atoms with E-state index in [2.05, 4.69) is 43.4 Å². The second kappa shape index (κ2) is 3.49. The Morgan fingerprint density at radius 3 is 3.20 bits per heavy atom. The summed E-state index contributed by atoms with van der Waals surface area (Å²) in [6.45, 7) is 2.33. The van der Waals surface area contributed by atoms with E-state index in [1.165, 1.54) is 21.0 Å². The molecule has 76 valence electrons. The van der Waals surface area contributed by atoms with Crippen LogP contribution in [-0.2, 0) is 0 Å². The van der Waals surface area contributed by atoms with Crippen molar-refractivity contribution in [2.24, 2.45) is 0 Å². The maximum atomic E-state index is 2.35. The minimum absolute atomic E-state index is 0.682. The minimum atomic E-state index is 0.682. The Hall–Kier alpha value is -1.08. The lowest BCUT2D eigenvalue weighted by Gasteiger charge is -2.13. The Bertz CT molecular complexity index is 555. The van der Waals surface area contributed by atoms with Crippen LogP contribution in [0.25, 0.3) is 18.2 Å². The molecule has 1 unspecified atom stereocenters. The molecule has 0 saturated carbocycles. The maximum absolute atomic E-state index is 2.35. The van der Waals surface area contributed by atoms with Gasteiger partial charge in [-0.05, 0) is 35.6 Å². The van der Waals surface area contributed by atoms with Crippen LogP contribution in [0.2, 0.25) is 0 Å². The highest BCUT2D eigenvalue weighted by atomic mass is 32.1. The molecule has 0 radical (unpaired) electrons. The highest BCUT2D eigenvalue weighted by Crippen LogP contribution is 2.28. The molecule has 0 nitrogen and oxygen atoms in total. The predicted molar refractivity (Wildman–Crippen MR) is 68.3 cm³/mol. The van der Waals surface area contributed by atoms with E-state index in [9.17, 15) is 0 Å². The molecule has 1 heteroatoms. The molecular formula is C14H14S. The van der Waals surface area contributed by atoms with Crippen molar-refractivity contribution in [2.45, 2.75) is 25.7 Å². The third-order valence-corrected chi connectivity index (χ3v) is 4.31. The van der Waals surface area contributed by atoms with E-state index in [1.807, 2.05) is 11.3 Å². The molecule has 0 saturated heterocycles. The summed E-state index contributed by atoms with van der Waals surface area (Å²) in [6.07, 6.45) is 15.9. The van der Waals surface area contributed by atoms with E-state index < -0.39 is 0 Å². The first-order chi connectivity index (χ1) is 7.36. The summed E-state index contributed by atoms with van der Waals surface area (Å²) in [5.41, 5.74) is 1.57. The summed E-state index contributed by atoms with van der Waals surface area (Å²) in [6, 6.07) is 0. The summed E-state index contributed by atoms with van der Waals surface area (Å²) in [4.78, 5) is 1.47. The Kier molecular flexibility index (Phi) is 2.14. The molecule has 2 aliphatic rings. The fourth-order valence-electron chi connectivity index (χ4n) is 2.36. The van der Waals surface area contributed by atoms with Crippen molar-refractivity contribution in [3.05, 3.63) is 38.4 Å². The van der Waals surface area contributed by atoms with Gasteiger partial charge in [-0.3, -0.25) is 0 Å². The van der Waals surface area contributed by atoms with Gasteiger partial charge in [0.05, 0.1) is 0 Å². The van der Waals surface area contributed by atoms with Gasteiger partial charge in [-0.2, -0.15) is 0 Å². The van der Waals surface area contributed by atoms with Crippen LogP contribution in [0.4, 0.5) is 0 Å². The predicted octanol–water partition coefficient (Wildman–Crippen LogP) is 2.79. The normalized spacial score (nSPS) is 22.3. The maximum Gasteiger partial charge on any atom is 0.0315 e. The summed E-state index contributed by atoms with van der Waals surface area (Å²) >= 11 is 1.94. The van der Waals surface area contributed by atoms with Crippen molar-refractivity contribution in [1.29, 1.82) is 0 Å². The van der Waals surface area contributed by atoms with E-state index in [1.54, 1.807) is 5.56 Å². The topological polar surface area (TPSA) is 0 Å². The molecule has 0 aliphatic heterocycles. The molecular weight excluding hydrogens is 200 g/mol. The Morgan fingerprint density at radius 2 is 2.27 bits per heavy atom. The number of hydrogen-bond donors (Lipinski definition) is 0. The van der Waals surface area contributed by atoms with Crippen LogP contribution in [-0.4, -0.2) is 0 Å². The van der Waals surface area contributed by atoms with Crippen molar-refractivity contribution < 1.29 is 0 Å². The SMILES string of the molecule is CC1CC=Cc2sc3c(c21)=CC=CCC=3. The molecule has 0 spiro atoms. The van der Waals surface area contributed by atoms with Crippen LogP contribution < -0.4 is 9.75 Å². The highest BCUT2D eigenvalue weighted by Gasteiger charge is 2.16. The van der Waals surface area contributed by atoms with Crippen LogP contribution in [0.15, 0.2) is 18.2 Å². The summed E-state index contributed by atoms with van der Waals surface area (Å²) in [7, 11) is 0. The monoisotopic (exact) mass is 214 g/mol. The van der Waals surface area contributed by atoms with Crippen LogP contribution in [0.5, 0.6) is 0 Å². The number of allylic oxidation sites excluding steroid dienone is 3. The number of fused-ring (bicyclic) bond motifs is 3. The third-order valence-electron chi connectivity index (χ3n) is 3.13. The third kappa shape index (κ3) is 1.42. The second-order valence-electron chi connectivity index (χ2n) is 4.23. The Morgan fingerprint density at radius 1 is 1.33 bits per heavy atom. The van der Waals surface area contributed by atoms with Crippen molar-refractivity contribution in [3.8, 4) is 0 Å². The Balaban J connectivity index is 2.39. The summed E-state index contributed by atoms with van der Waals surface area (Å²) in [5.74, 6) is 0.682. The van der Waals surface area contributed by atoms with Gasteiger partial charge >= 0.3 is 0 Å². The van der Waals surface area contributed by atoms with E-state index >= 15 is 0 Å². The van der Waals surface area contributed by atoms with Gasteiger partial charge in [0.1, 0.15) is 0 Å². The molecule has 0 N–H and O–H groups in total. The number of hydrogen-bond acceptors (Lipinski definition) is 1. The summed E-state index contributed by atoms with van der Waals surface area (Å²) in [5, 5.41) is 1.47. The van der Waals surface area contributed by atoms with Crippen LogP contribution in [0.1, 0.15) is 36.1 Å². The van der Waals surface area contributed by atoms with Gasteiger partial charge in [0.2, 0.25) is 0 Å². The molecule has 0 bridgehead atoms. The molecule has 1 aromatic heterocycles. The van der Waals surface area contributed by atoms with Crippen molar-refractivity contribution in [1.82, 2.24) is 0 Å². The van der Waals surface area contributed by atoms with Crippen LogP contribution in [0.3, 0.4) is 0 Å². The first-order valence-electron chi connectivity index (χ1n) is 5.52. The lowest BCUT2D eigenvalue weighted by Crippen LogP contribution is -2.22. The summed E-state index contributed by atoms with van der Waals surface area (Å²) < 4.78 is 1.46. The zero-order valence-electron chi connectivity index (χ0n) is 8.86. The Labute approximate surface area is 94.0 Å².